The Balaban J connectivity index is 2.74. The van der Waals surface area contributed by atoms with Crippen molar-refractivity contribution in [3.8, 4) is 0 Å². The molecule has 0 N–H and O–H groups in total. The number of allylic oxidation sites excluding steroid dienone is 1. The highest BCUT2D eigenvalue weighted by Crippen LogP contribution is 2.20. The van der Waals surface area contributed by atoms with Gasteiger partial charge in [0.05, 0.1) is 6.17 Å². The van der Waals surface area contributed by atoms with Crippen LogP contribution in [-0.2, 0) is 0 Å². The van der Waals surface area contributed by atoms with Crippen molar-refractivity contribution in [3.05, 3.63) is 24.8 Å². The number of rotatable bonds is 4. The summed E-state index contributed by atoms with van der Waals surface area (Å²) in [5.41, 5.74) is 0. The van der Waals surface area contributed by atoms with E-state index < -0.39 is 0 Å². The Morgan fingerprint density at radius 2 is 2.20 bits per heavy atom. The summed E-state index contributed by atoms with van der Waals surface area (Å²) in [6.45, 7) is 10.2. The molecule has 2 radical (unpaired) electrons. The van der Waals surface area contributed by atoms with Crippen LogP contribution in [0.4, 0.5) is 0 Å². The average Bonchev–Trinajstić information content (AvgIpc) is 2.18. The van der Waals surface area contributed by atoms with Crippen LogP contribution in [0.3, 0.4) is 0 Å². The molecular weight excluding hydrogens is 183 g/mol. The minimum atomic E-state index is 0.0281. The molecule has 2 nitrogen and oxygen atoms in total. The first kappa shape index (κ1) is 12.2. The lowest BCUT2D eigenvalue weighted by molar-refractivity contribution is 0.221. The smallest absolute Gasteiger partial charge is 0.186 e. The predicted molar refractivity (Wildman–Crippen MR) is 67.0 cm³/mol. The molecule has 0 aromatic rings. The highest BCUT2D eigenvalue weighted by Gasteiger charge is 2.25. The summed E-state index contributed by atoms with van der Waals surface area (Å²) in [6, 6.07) is 0.168. The molecule has 0 spiro atoms. The van der Waals surface area contributed by atoms with E-state index in [-0.39, 0.29) is 12.2 Å². The minimum absolute atomic E-state index is 0.0281. The molecule has 1 rings (SSSR count). The van der Waals surface area contributed by atoms with Crippen LogP contribution in [0.5, 0.6) is 0 Å². The third kappa shape index (κ3) is 2.82. The van der Waals surface area contributed by atoms with Crippen molar-refractivity contribution >= 4 is 14.2 Å². The van der Waals surface area contributed by atoms with Crippen LogP contribution in [0.25, 0.3) is 0 Å². The summed E-state index contributed by atoms with van der Waals surface area (Å²) in [5.74, 6) is 0.794. The Kier molecular flexibility index (Phi) is 4.34. The Morgan fingerprint density at radius 1 is 1.53 bits per heavy atom. The Bertz CT molecular complexity index is 271. The second kappa shape index (κ2) is 5.31. The molecule has 0 bridgehead atoms. The molecule has 0 amide bonds. The third-order valence-corrected chi connectivity index (χ3v) is 2.78. The second-order valence-electron chi connectivity index (χ2n) is 4.37. The van der Waals surface area contributed by atoms with Crippen LogP contribution in [0, 0.1) is 11.8 Å². The minimum Gasteiger partial charge on any atom is -0.327 e. The second-order valence-corrected chi connectivity index (χ2v) is 4.37. The molecule has 0 saturated heterocycles. The van der Waals surface area contributed by atoms with E-state index in [1.807, 2.05) is 23.2 Å². The maximum atomic E-state index is 6.11. The number of dihydropyridines is 1. The lowest BCUT2D eigenvalue weighted by atomic mass is 9.94. The maximum Gasteiger partial charge on any atom is 0.186 e. The molecule has 0 aromatic heterocycles. The fourth-order valence-electron chi connectivity index (χ4n) is 1.86. The normalized spacial score (nSPS) is 27.3. The van der Waals surface area contributed by atoms with Crippen LogP contribution in [-0.4, -0.2) is 31.2 Å². The molecular formula is C12H19BN2. The first-order chi connectivity index (χ1) is 7.07. The van der Waals surface area contributed by atoms with E-state index in [2.05, 4.69) is 38.4 Å². The number of aliphatic imine (C=N–C) groups is 1. The average molecular weight is 202 g/mol. The van der Waals surface area contributed by atoms with Gasteiger partial charge in [0, 0.05) is 18.2 Å². The molecule has 1 aliphatic rings. The largest absolute Gasteiger partial charge is 0.327 e. The molecule has 80 valence electrons. The molecule has 0 aliphatic carbocycles. The Morgan fingerprint density at radius 3 is 2.67 bits per heavy atom. The van der Waals surface area contributed by atoms with Gasteiger partial charge < -0.3 is 4.81 Å². The van der Waals surface area contributed by atoms with Gasteiger partial charge in [-0.15, -0.1) is 6.58 Å². The van der Waals surface area contributed by atoms with Crippen LogP contribution < -0.4 is 0 Å². The fraction of sp³-hybridized carbons (Fsp3) is 0.583. The summed E-state index contributed by atoms with van der Waals surface area (Å²) in [6.07, 6.45) is 7.82. The van der Waals surface area contributed by atoms with E-state index in [4.69, 9.17) is 7.98 Å². The van der Waals surface area contributed by atoms with Gasteiger partial charge in [-0.25, -0.2) is 0 Å². The fourth-order valence-corrected chi connectivity index (χ4v) is 1.86. The van der Waals surface area contributed by atoms with Crippen LogP contribution >= 0.6 is 0 Å². The van der Waals surface area contributed by atoms with E-state index in [1.54, 1.807) is 0 Å². The van der Waals surface area contributed by atoms with E-state index >= 15 is 0 Å². The summed E-state index contributed by atoms with van der Waals surface area (Å²) in [7, 11) is 6.11. The quantitative estimate of drug-likeness (QED) is 0.504. The Labute approximate surface area is 94.2 Å². The zero-order valence-corrected chi connectivity index (χ0v) is 9.80. The summed E-state index contributed by atoms with van der Waals surface area (Å²) < 4.78 is 0. The van der Waals surface area contributed by atoms with Gasteiger partial charge in [0.25, 0.3) is 0 Å². The van der Waals surface area contributed by atoms with Gasteiger partial charge in [-0.05, 0) is 12.0 Å². The van der Waals surface area contributed by atoms with Crippen molar-refractivity contribution < 1.29 is 0 Å². The van der Waals surface area contributed by atoms with Crippen molar-refractivity contribution in [2.75, 3.05) is 0 Å². The van der Waals surface area contributed by atoms with E-state index in [0.29, 0.717) is 11.8 Å². The van der Waals surface area contributed by atoms with Crippen LogP contribution in [0.2, 0.25) is 0 Å². The van der Waals surface area contributed by atoms with Crippen molar-refractivity contribution in [2.24, 2.45) is 16.8 Å². The molecule has 1 aliphatic heterocycles. The zero-order chi connectivity index (χ0) is 11.4. The molecule has 3 atom stereocenters. The highest BCUT2D eigenvalue weighted by molar-refractivity contribution is 6.05. The number of nitrogens with zero attached hydrogens (tertiary/aromatic N) is 2. The van der Waals surface area contributed by atoms with Gasteiger partial charge in [-0.1, -0.05) is 32.9 Å². The van der Waals surface area contributed by atoms with Crippen LogP contribution in [0.1, 0.15) is 20.8 Å². The molecule has 0 saturated carbocycles. The molecule has 3 heteroatoms. The topological polar surface area (TPSA) is 15.6 Å². The predicted octanol–water partition coefficient (Wildman–Crippen LogP) is 2.19. The molecule has 0 aromatic carbocycles. The van der Waals surface area contributed by atoms with Gasteiger partial charge in [-0.3, -0.25) is 4.99 Å². The first-order valence-corrected chi connectivity index (χ1v) is 5.43. The highest BCUT2D eigenvalue weighted by atomic mass is 15.2. The van der Waals surface area contributed by atoms with E-state index in [0.717, 1.165) is 0 Å². The number of hydrogen-bond donors (Lipinski definition) is 0. The SMILES string of the molecule is [B]N(C(C=C)C(C)C)C1N=CC=CC1C. The molecule has 3 unspecified atom stereocenters. The standard InChI is InChI=1S/C12H19BN2/c1-5-11(9(2)3)15(13)12-10(4)7-6-8-14-12/h5-12H,1H2,2-4H3. The van der Waals surface area contributed by atoms with Gasteiger partial charge in [0.15, 0.2) is 7.98 Å². The summed E-state index contributed by atoms with van der Waals surface area (Å²) in [5, 5.41) is 0. The maximum absolute atomic E-state index is 6.11. The van der Waals surface area contributed by atoms with Crippen LogP contribution in [0.15, 0.2) is 29.8 Å². The Hall–Kier alpha value is -0.825. The lowest BCUT2D eigenvalue weighted by Gasteiger charge is -2.37. The third-order valence-electron chi connectivity index (χ3n) is 2.78. The summed E-state index contributed by atoms with van der Waals surface area (Å²) >= 11 is 0. The molecule has 0 fully saturated rings. The van der Waals surface area contributed by atoms with Crippen molar-refractivity contribution in [1.82, 2.24) is 4.81 Å². The van der Waals surface area contributed by atoms with Gasteiger partial charge in [0.2, 0.25) is 0 Å². The summed E-state index contributed by atoms with van der Waals surface area (Å²) in [4.78, 5) is 6.21. The number of hydrogen-bond acceptors (Lipinski definition) is 2. The van der Waals surface area contributed by atoms with Gasteiger partial charge in [0.1, 0.15) is 0 Å². The zero-order valence-electron chi connectivity index (χ0n) is 9.80. The monoisotopic (exact) mass is 202 g/mol. The van der Waals surface area contributed by atoms with E-state index in [1.165, 1.54) is 0 Å². The molecule has 15 heavy (non-hydrogen) atoms. The van der Waals surface area contributed by atoms with Gasteiger partial charge in [-0.2, -0.15) is 0 Å². The first-order valence-electron chi connectivity index (χ1n) is 5.43. The van der Waals surface area contributed by atoms with Crippen molar-refractivity contribution in [1.29, 1.82) is 0 Å². The molecule has 1 heterocycles. The van der Waals surface area contributed by atoms with Crippen molar-refractivity contribution in [3.63, 3.8) is 0 Å². The van der Waals surface area contributed by atoms with E-state index in [9.17, 15) is 0 Å². The van der Waals surface area contributed by atoms with Crippen molar-refractivity contribution in [2.45, 2.75) is 33.0 Å². The van der Waals surface area contributed by atoms with Gasteiger partial charge >= 0.3 is 0 Å². The lowest BCUT2D eigenvalue weighted by Crippen LogP contribution is -2.45.